The number of nitrogens with zero attached hydrogens (tertiary/aromatic N) is 3. The van der Waals surface area contributed by atoms with E-state index in [0.717, 1.165) is 24.2 Å². The Bertz CT molecular complexity index is 581. The first kappa shape index (κ1) is 16.2. The molecule has 7 heteroatoms. The van der Waals surface area contributed by atoms with Gasteiger partial charge in [0.2, 0.25) is 10.0 Å². The topological polar surface area (TPSA) is 72.4 Å². The van der Waals surface area contributed by atoms with Crippen LogP contribution in [-0.2, 0) is 10.0 Å². The van der Waals surface area contributed by atoms with Gasteiger partial charge in [0.15, 0.2) is 0 Å². The van der Waals surface area contributed by atoms with Gasteiger partial charge in [-0.2, -0.15) is 4.31 Å². The summed E-state index contributed by atoms with van der Waals surface area (Å²) in [5, 5.41) is -0.409. The summed E-state index contributed by atoms with van der Waals surface area (Å²) in [6, 6.07) is 2.21. The zero-order valence-corrected chi connectivity index (χ0v) is 13.9. The number of hydrogen-bond acceptors (Lipinski definition) is 5. The maximum Gasteiger partial charge on any atom is 0.317 e. The van der Waals surface area contributed by atoms with E-state index in [0.29, 0.717) is 19.1 Å². The smallest absolute Gasteiger partial charge is 0.317 e. The summed E-state index contributed by atoms with van der Waals surface area (Å²) < 4.78 is 31.8. The van der Waals surface area contributed by atoms with Crippen LogP contribution in [0.3, 0.4) is 0 Å². The molecule has 21 heavy (non-hydrogen) atoms. The molecule has 0 radical (unpaired) electrons. The number of sulfonamides is 1. The predicted octanol–water partition coefficient (Wildman–Crippen LogP) is 1.67. The summed E-state index contributed by atoms with van der Waals surface area (Å²) in [5.74, 6) is 0. The van der Waals surface area contributed by atoms with Crippen LogP contribution in [0.1, 0.15) is 38.1 Å². The fourth-order valence-corrected chi connectivity index (χ4v) is 3.78. The number of ether oxygens (including phenoxy) is 1. The Morgan fingerprint density at radius 2 is 1.90 bits per heavy atom. The summed E-state index contributed by atoms with van der Waals surface area (Å²) in [6.45, 7) is 8.11. The molecule has 0 saturated carbocycles. The number of rotatable bonds is 4. The summed E-state index contributed by atoms with van der Waals surface area (Å²) in [7, 11) is -3.23. The van der Waals surface area contributed by atoms with Crippen LogP contribution >= 0.6 is 0 Å². The molecule has 0 amide bonds. The van der Waals surface area contributed by atoms with Crippen LogP contribution < -0.4 is 4.74 Å². The number of aryl methyl sites for hydroxylation is 2. The van der Waals surface area contributed by atoms with Crippen molar-refractivity contribution in [3.63, 3.8) is 0 Å². The van der Waals surface area contributed by atoms with Crippen LogP contribution in [-0.4, -0.2) is 47.1 Å². The standard InChI is InChI=1S/C14H23N3O3S/c1-10(2)21(18,19)17-7-5-6-13(9-17)20-14-15-11(3)8-12(4)16-14/h8,10,13H,5-7,9H2,1-4H3. The van der Waals surface area contributed by atoms with E-state index in [1.165, 1.54) is 4.31 Å². The normalized spacial score (nSPS) is 20.7. The van der Waals surface area contributed by atoms with Crippen LogP contribution in [0.5, 0.6) is 6.01 Å². The second kappa shape index (κ2) is 6.27. The van der Waals surface area contributed by atoms with Crippen LogP contribution in [0.4, 0.5) is 0 Å². The van der Waals surface area contributed by atoms with Crippen molar-refractivity contribution in [3.8, 4) is 6.01 Å². The highest BCUT2D eigenvalue weighted by Crippen LogP contribution is 2.20. The molecule has 0 aliphatic carbocycles. The summed E-state index contributed by atoms with van der Waals surface area (Å²) >= 11 is 0. The minimum atomic E-state index is -3.23. The van der Waals surface area contributed by atoms with Crippen molar-refractivity contribution in [3.05, 3.63) is 17.5 Å². The summed E-state index contributed by atoms with van der Waals surface area (Å²) in [5.41, 5.74) is 1.69. The number of piperidine rings is 1. The molecule has 0 aromatic carbocycles. The van der Waals surface area contributed by atoms with E-state index < -0.39 is 15.3 Å². The second-order valence-electron chi connectivity index (χ2n) is 5.77. The highest BCUT2D eigenvalue weighted by Gasteiger charge is 2.32. The van der Waals surface area contributed by atoms with Gasteiger partial charge in [-0.1, -0.05) is 0 Å². The third-order valence-corrected chi connectivity index (χ3v) is 5.77. The van der Waals surface area contributed by atoms with Gasteiger partial charge in [-0.3, -0.25) is 0 Å². The van der Waals surface area contributed by atoms with Gasteiger partial charge in [-0.15, -0.1) is 0 Å². The van der Waals surface area contributed by atoms with Crippen molar-refractivity contribution in [1.29, 1.82) is 0 Å². The summed E-state index contributed by atoms with van der Waals surface area (Å²) in [4.78, 5) is 8.50. The Hall–Kier alpha value is -1.21. The molecule has 1 aromatic rings. The van der Waals surface area contributed by atoms with Crippen molar-refractivity contribution >= 4 is 10.0 Å². The Labute approximate surface area is 126 Å². The van der Waals surface area contributed by atoms with E-state index in [-0.39, 0.29) is 6.10 Å². The molecule has 6 nitrogen and oxygen atoms in total. The third kappa shape index (κ3) is 3.91. The van der Waals surface area contributed by atoms with Crippen LogP contribution in [0.25, 0.3) is 0 Å². The predicted molar refractivity (Wildman–Crippen MR) is 80.8 cm³/mol. The largest absolute Gasteiger partial charge is 0.459 e. The van der Waals surface area contributed by atoms with E-state index in [2.05, 4.69) is 9.97 Å². The zero-order valence-electron chi connectivity index (χ0n) is 13.0. The SMILES string of the molecule is Cc1cc(C)nc(OC2CCCN(S(=O)(=O)C(C)C)C2)n1. The molecule has 1 unspecified atom stereocenters. The molecule has 118 valence electrons. The van der Waals surface area contributed by atoms with Gasteiger partial charge in [0.1, 0.15) is 6.10 Å². The highest BCUT2D eigenvalue weighted by atomic mass is 32.2. The molecule has 1 aliphatic heterocycles. The van der Waals surface area contributed by atoms with Crippen molar-refractivity contribution in [2.45, 2.75) is 51.9 Å². The summed E-state index contributed by atoms with van der Waals surface area (Å²) in [6.07, 6.45) is 1.43. The molecule has 0 spiro atoms. The monoisotopic (exact) mass is 313 g/mol. The van der Waals surface area contributed by atoms with Gasteiger partial charge >= 0.3 is 6.01 Å². The lowest BCUT2D eigenvalue weighted by atomic mass is 10.1. The average Bonchev–Trinajstić information content (AvgIpc) is 2.37. The molecule has 0 bridgehead atoms. The molecule has 2 rings (SSSR count). The van der Waals surface area contributed by atoms with Crippen LogP contribution in [0.15, 0.2) is 6.07 Å². The van der Waals surface area contributed by atoms with E-state index >= 15 is 0 Å². The molecule has 2 heterocycles. The first-order valence-corrected chi connectivity index (χ1v) is 8.77. The molecule has 1 aromatic heterocycles. The van der Waals surface area contributed by atoms with Crippen molar-refractivity contribution in [1.82, 2.24) is 14.3 Å². The fraction of sp³-hybridized carbons (Fsp3) is 0.714. The minimum Gasteiger partial charge on any atom is -0.459 e. The quantitative estimate of drug-likeness (QED) is 0.845. The van der Waals surface area contributed by atoms with Crippen molar-refractivity contribution in [2.75, 3.05) is 13.1 Å². The van der Waals surface area contributed by atoms with E-state index in [4.69, 9.17) is 4.74 Å². The molecule has 1 aliphatic rings. The first-order valence-electron chi connectivity index (χ1n) is 7.27. The Kier molecular flexibility index (Phi) is 4.83. The Morgan fingerprint density at radius 1 is 1.29 bits per heavy atom. The Balaban J connectivity index is 2.08. The van der Waals surface area contributed by atoms with Crippen molar-refractivity contribution in [2.24, 2.45) is 0 Å². The third-order valence-electron chi connectivity index (χ3n) is 3.53. The first-order chi connectivity index (χ1) is 9.79. The van der Waals surface area contributed by atoms with Gasteiger partial charge in [-0.25, -0.2) is 18.4 Å². The Morgan fingerprint density at radius 3 is 2.48 bits per heavy atom. The molecule has 1 saturated heterocycles. The molecule has 1 fully saturated rings. The van der Waals surface area contributed by atoms with Gasteiger partial charge in [0.25, 0.3) is 0 Å². The molecule has 0 N–H and O–H groups in total. The lowest BCUT2D eigenvalue weighted by molar-refractivity contribution is 0.118. The molecular weight excluding hydrogens is 290 g/mol. The lowest BCUT2D eigenvalue weighted by Gasteiger charge is -2.32. The number of hydrogen-bond donors (Lipinski definition) is 0. The van der Waals surface area contributed by atoms with Crippen LogP contribution in [0, 0.1) is 13.8 Å². The minimum absolute atomic E-state index is 0.187. The molecular formula is C14H23N3O3S. The zero-order chi connectivity index (χ0) is 15.6. The second-order valence-corrected chi connectivity index (χ2v) is 8.26. The lowest BCUT2D eigenvalue weighted by Crippen LogP contribution is -2.46. The van der Waals surface area contributed by atoms with Crippen LogP contribution in [0.2, 0.25) is 0 Å². The van der Waals surface area contributed by atoms with Crippen molar-refractivity contribution < 1.29 is 13.2 Å². The average molecular weight is 313 g/mol. The fourth-order valence-electron chi connectivity index (χ4n) is 2.43. The van der Waals surface area contributed by atoms with E-state index in [9.17, 15) is 8.42 Å². The van der Waals surface area contributed by atoms with Gasteiger partial charge < -0.3 is 4.74 Å². The maximum atomic E-state index is 12.2. The van der Waals surface area contributed by atoms with Gasteiger partial charge in [0, 0.05) is 17.9 Å². The van der Waals surface area contributed by atoms with E-state index in [1.54, 1.807) is 13.8 Å². The number of aromatic nitrogens is 2. The highest BCUT2D eigenvalue weighted by molar-refractivity contribution is 7.89. The van der Waals surface area contributed by atoms with E-state index in [1.807, 2.05) is 19.9 Å². The molecule has 1 atom stereocenters. The van der Waals surface area contributed by atoms with Gasteiger partial charge in [0.05, 0.1) is 11.8 Å². The van der Waals surface area contributed by atoms with Gasteiger partial charge in [-0.05, 0) is 46.6 Å². The maximum absolute atomic E-state index is 12.2.